The van der Waals surface area contributed by atoms with Gasteiger partial charge in [0.2, 0.25) is 0 Å². The van der Waals surface area contributed by atoms with E-state index in [1.54, 1.807) is 14.2 Å². The van der Waals surface area contributed by atoms with Crippen LogP contribution in [0, 0.1) is 0 Å². The van der Waals surface area contributed by atoms with E-state index in [4.69, 9.17) is 26.4 Å². The summed E-state index contributed by atoms with van der Waals surface area (Å²) in [6.07, 6.45) is 4.12. The molecule has 0 atom stereocenters. The standard InChI is InChI=1S/C20H21NO3S/c1-20(2)10-9-13-11-14(5-7-16(13)24-20)19(25)21-15-6-8-17(22-3)18(12-15)23-4/h5-12H,1-4H3,(H,21,25). The Morgan fingerprint density at radius 2 is 1.80 bits per heavy atom. The number of benzene rings is 2. The number of hydrogen-bond donors (Lipinski definition) is 1. The fraction of sp³-hybridized carbons (Fsp3) is 0.250. The molecule has 5 heteroatoms. The number of methoxy groups -OCH3 is 2. The average Bonchev–Trinajstić information content (AvgIpc) is 2.60. The molecule has 0 aromatic heterocycles. The van der Waals surface area contributed by atoms with Gasteiger partial charge in [-0.1, -0.05) is 18.3 Å². The number of hydrogen-bond acceptors (Lipinski definition) is 4. The predicted molar refractivity (Wildman–Crippen MR) is 105 cm³/mol. The van der Waals surface area contributed by atoms with Gasteiger partial charge in [-0.05, 0) is 50.3 Å². The second-order valence-corrected chi connectivity index (χ2v) is 6.72. The Morgan fingerprint density at radius 1 is 1.04 bits per heavy atom. The van der Waals surface area contributed by atoms with E-state index in [9.17, 15) is 0 Å². The van der Waals surface area contributed by atoms with Crippen molar-refractivity contribution in [1.29, 1.82) is 0 Å². The number of anilines is 1. The second-order valence-electron chi connectivity index (χ2n) is 6.32. The van der Waals surface area contributed by atoms with Crippen LogP contribution in [0.3, 0.4) is 0 Å². The van der Waals surface area contributed by atoms with Crippen molar-refractivity contribution < 1.29 is 14.2 Å². The molecule has 4 nitrogen and oxygen atoms in total. The van der Waals surface area contributed by atoms with Gasteiger partial charge in [0.15, 0.2) is 11.5 Å². The highest BCUT2D eigenvalue weighted by atomic mass is 32.1. The molecule has 0 spiro atoms. The zero-order valence-corrected chi connectivity index (χ0v) is 15.6. The Morgan fingerprint density at radius 3 is 2.52 bits per heavy atom. The van der Waals surface area contributed by atoms with Crippen LogP contribution in [0.1, 0.15) is 25.0 Å². The van der Waals surface area contributed by atoms with E-state index < -0.39 is 0 Å². The zero-order valence-electron chi connectivity index (χ0n) is 14.8. The molecule has 2 aromatic carbocycles. The fourth-order valence-electron chi connectivity index (χ4n) is 2.64. The second kappa shape index (κ2) is 6.76. The number of thiocarbonyl (C=S) groups is 1. The third kappa shape index (κ3) is 3.77. The Bertz CT molecular complexity index is 843. The average molecular weight is 355 g/mol. The SMILES string of the molecule is COc1ccc(NC(=S)c2ccc3c(c2)C=CC(C)(C)O3)cc1OC. The first-order valence-electron chi connectivity index (χ1n) is 7.97. The lowest BCUT2D eigenvalue weighted by molar-refractivity contribution is 0.159. The molecule has 0 unspecified atom stereocenters. The van der Waals surface area contributed by atoms with Crippen molar-refractivity contribution in [3.8, 4) is 17.2 Å². The minimum atomic E-state index is -0.285. The molecule has 0 aliphatic carbocycles. The van der Waals surface area contributed by atoms with Gasteiger partial charge in [-0.25, -0.2) is 0 Å². The van der Waals surface area contributed by atoms with Gasteiger partial charge in [0.1, 0.15) is 16.3 Å². The van der Waals surface area contributed by atoms with Gasteiger partial charge >= 0.3 is 0 Å². The quantitative estimate of drug-likeness (QED) is 0.807. The van der Waals surface area contributed by atoms with Gasteiger partial charge in [-0.15, -0.1) is 0 Å². The molecule has 0 saturated carbocycles. The zero-order chi connectivity index (χ0) is 18.0. The summed E-state index contributed by atoms with van der Waals surface area (Å²) >= 11 is 5.55. The van der Waals surface area contributed by atoms with E-state index in [0.717, 1.165) is 22.6 Å². The lowest BCUT2D eigenvalue weighted by Crippen LogP contribution is -2.27. The maximum Gasteiger partial charge on any atom is 0.162 e. The van der Waals surface area contributed by atoms with E-state index in [1.807, 2.05) is 56.3 Å². The lowest BCUT2D eigenvalue weighted by Gasteiger charge is -2.28. The largest absolute Gasteiger partial charge is 0.493 e. The Kier molecular flexibility index (Phi) is 4.68. The monoisotopic (exact) mass is 355 g/mol. The highest BCUT2D eigenvalue weighted by molar-refractivity contribution is 7.81. The molecule has 0 radical (unpaired) electrons. The molecule has 1 aliphatic rings. The van der Waals surface area contributed by atoms with Crippen molar-refractivity contribution in [2.45, 2.75) is 19.4 Å². The van der Waals surface area contributed by atoms with E-state index in [2.05, 4.69) is 11.4 Å². The lowest BCUT2D eigenvalue weighted by atomic mass is 10.0. The third-order valence-corrected chi connectivity index (χ3v) is 4.29. The molecule has 0 bridgehead atoms. The van der Waals surface area contributed by atoms with Crippen LogP contribution in [0.2, 0.25) is 0 Å². The van der Waals surface area contributed by atoms with Crippen molar-refractivity contribution in [1.82, 2.24) is 0 Å². The van der Waals surface area contributed by atoms with Crippen LogP contribution in [-0.2, 0) is 0 Å². The number of fused-ring (bicyclic) bond motifs is 1. The number of rotatable bonds is 4. The minimum absolute atomic E-state index is 0.285. The summed E-state index contributed by atoms with van der Waals surface area (Å²) in [5.41, 5.74) is 2.51. The molecule has 0 amide bonds. The first-order chi connectivity index (χ1) is 11.9. The van der Waals surface area contributed by atoms with Gasteiger partial charge < -0.3 is 19.5 Å². The first-order valence-corrected chi connectivity index (χ1v) is 8.38. The summed E-state index contributed by atoms with van der Waals surface area (Å²) in [6.45, 7) is 4.06. The Labute approximate surface area is 153 Å². The maximum absolute atomic E-state index is 5.95. The molecule has 130 valence electrons. The summed E-state index contributed by atoms with van der Waals surface area (Å²) in [5.74, 6) is 2.20. The van der Waals surface area contributed by atoms with Gasteiger partial charge in [-0.2, -0.15) is 0 Å². The molecule has 0 saturated heterocycles. The molecule has 1 aliphatic heterocycles. The smallest absolute Gasteiger partial charge is 0.162 e. The molecule has 2 aromatic rings. The molecule has 1 heterocycles. The molecular weight excluding hydrogens is 334 g/mol. The molecular formula is C20H21NO3S. The first kappa shape index (κ1) is 17.3. The highest BCUT2D eigenvalue weighted by Gasteiger charge is 2.21. The van der Waals surface area contributed by atoms with Crippen LogP contribution >= 0.6 is 12.2 Å². The van der Waals surface area contributed by atoms with Crippen molar-refractivity contribution in [2.24, 2.45) is 0 Å². The van der Waals surface area contributed by atoms with Crippen LogP contribution in [0.25, 0.3) is 6.08 Å². The predicted octanol–water partition coefficient (Wildman–Crippen LogP) is 4.68. The maximum atomic E-state index is 5.95. The van der Waals surface area contributed by atoms with Crippen LogP contribution in [0.15, 0.2) is 42.5 Å². The van der Waals surface area contributed by atoms with E-state index >= 15 is 0 Å². The van der Waals surface area contributed by atoms with Crippen molar-refractivity contribution in [3.05, 3.63) is 53.6 Å². The summed E-state index contributed by atoms with van der Waals surface area (Å²) in [4.78, 5) is 0.633. The molecule has 0 fully saturated rings. The summed E-state index contributed by atoms with van der Waals surface area (Å²) in [5, 5.41) is 3.24. The van der Waals surface area contributed by atoms with E-state index in [0.29, 0.717) is 16.5 Å². The normalized spacial score (nSPS) is 14.2. The molecule has 3 rings (SSSR count). The third-order valence-electron chi connectivity index (χ3n) is 3.95. The summed E-state index contributed by atoms with van der Waals surface area (Å²) in [7, 11) is 3.22. The van der Waals surface area contributed by atoms with Gasteiger partial charge in [-0.3, -0.25) is 0 Å². The molecule has 25 heavy (non-hydrogen) atoms. The van der Waals surface area contributed by atoms with E-state index in [-0.39, 0.29) is 5.60 Å². The van der Waals surface area contributed by atoms with Gasteiger partial charge in [0, 0.05) is 22.9 Å². The van der Waals surface area contributed by atoms with Crippen LogP contribution < -0.4 is 19.5 Å². The van der Waals surface area contributed by atoms with Crippen LogP contribution in [-0.4, -0.2) is 24.8 Å². The fourth-order valence-corrected chi connectivity index (χ4v) is 2.88. The van der Waals surface area contributed by atoms with Gasteiger partial charge in [0.25, 0.3) is 0 Å². The van der Waals surface area contributed by atoms with Crippen LogP contribution in [0.4, 0.5) is 5.69 Å². The van der Waals surface area contributed by atoms with Crippen molar-refractivity contribution in [3.63, 3.8) is 0 Å². The van der Waals surface area contributed by atoms with Gasteiger partial charge in [0.05, 0.1) is 14.2 Å². The number of nitrogens with one attached hydrogen (secondary N) is 1. The topological polar surface area (TPSA) is 39.7 Å². The minimum Gasteiger partial charge on any atom is -0.493 e. The van der Waals surface area contributed by atoms with Crippen molar-refractivity contribution >= 4 is 29.0 Å². The highest BCUT2D eigenvalue weighted by Crippen LogP contribution is 2.32. The Balaban J connectivity index is 1.81. The summed E-state index contributed by atoms with van der Waals surface area (Å²) < 4.78 is 16.5. The Hall–Kier alpha value is -2.53. The van der Waals surface area contributed by atoms with Crippen LogP contribution in [0.5, 0.6) is 17.2 Å². The summed E-state index contributed by atoms with van der Waals surface area (Å²) in [6, 6.07) is 11.5. The van der Waals surface area contributed by atoms with Crippen molar-refractivity contribution in [2.75, 3.05) is 19.5 Å². The number of ether oxygens (including phenoxy) is 3. The van der Waals surface area contributed by atoms with E-state index in [1.165, 1.54) is 0 Å². The molecule has 1 N–H and O–H groups in total.